The van der Waals surface area contributed by atoms with Crippen LogP contribution in [0.3, 0.4) is 0 Å². The van der Waals surface area contributed by atoms with Crippen LogP contribution in [0, 0.1) is 17.2 Å². The van der Waals surface area contributed by atoms with Crippen LogP contribution in [-0.4, -0.2) is 47.9 Å². The first-order valence-electron chi connectivity index (χ1n) is 9.38. The number of hydrogen-bond donors (Lipinski definition) is 1. The first-order chi connectivity index (χ1) is 14.0. The first-order valence-corrected chi connectivity index (χ1v) is 10.5. The van der Waals surface area contributed by atoms with E-state index in [-0.39, 0.29) is 24.5 Å². The zero-order valence-corrected chi connectivity index (χ0v) is 19.5. The van der Waals surface area contributed by atoms with Gasteiger partial charge in [-0.05, 0) is 23.6 Å². The molecule has 1 unspecified atom stereocenters. The Labute approximate surface area is 191 Å². The van der Waals surface area contributed by atoms with Gasteiger partial charge < -0.3 is 23.7 Å². The van der Waals surface area contributed by atoms with E-state index in [1.54, 1.807) is 7.11 Å². The minimum atomic E-state index is -2.06. The van der Waals surface area contributed by atoms with E-state index in [2.05, 4.69) is 0 Å². The Hall–Kier alpha value is -1.25. The van der Waals surface area contributed by atoms with Gasteiger partial charge in [0.2, 0.25) is 12.2 Å². The monoisotopic (exact) mass is 481 g/mol. The van der Waals surface area contributed by atoms with Crippen molar-refractivity contribution in [2.45, 2.75) is 49.7 Å². The van der Waals surface area contributed by atoms with Gasteiger partial charge in [-0.2, -0.15) is 0 Å². The average Bonchev–Trinajstić information content (AvgIpc) is 2.66. The number of ether oxygens (including phenoxy) is 5. The maximum Gasteiger partial charge on any atom is 0.303 e. The van der Waals surface area contributed by atoms with Crippen LogP contribution in [0.15, 0.2) is 24.3 Å². The fraction of sp³-hybridized carbons (Fsp3) is 0.600. The van der Waals surface area contributed by atoms with Gasteiger partial charge in [-0.3, -0.25) is 10.2 Å². The number of alkyl halides is 3. The predicted molar refractivity (Wildman–Crippen MR) is 114 cm³/mol. The Bertz CT molecular complexity index is 722. The van der Waals surface area contributed by atoms with E-state index in [4.69, 9.17) is 63.9 Å². The number of nitrogens with one attached hydrogen (secondary N) is 1. The van der Waals surface area contributed by atoms with Crippen molar-refractivity contribution in [2.24, 2.45) is 11.8 Å². The number of hydrogen-bond acceptors (Lipinski definition) is 7. The topological polar surface area (TPSA) is 87.1 Å². The molecule has 1 aliphatic rings. The molecule has 2 rings (SSSR count). The van der Waals surface area contributed by atoms with E-state index < -0.39 is 28.1 Å². The molecule has 0 spiro atoms. The summed E-state index contributed by atoms with van der Waals surface area (Å²) in [6.07, 6.45) is -2.31. The van der Waals surface area contributed by atoms with Crippen LogP contribution in [0.4, 0.5) is 0 Å². The second-order valence-corrected chi connectivity index (χ2v) is 9.52. The number of methoxy groups -OCH3 is 1. The summed E-state index contributed by atoms with van der Waals surface area (Å²) in [7, 11) is 1.61. The molecule has 1 saturated heterocycles. The summed E-state index contributed by atoms with van der Waals surface area (Å²) in [5.41, 5.74) is 0.957. The molecule has 10 heteroatoms. The normalized spacial score (nSPS) is 24.4. The third-order valence-electron chi connectivity index (χ3n) is 4.69. The maximum atomic E-state index is 11.7. The largest absolute Gasteiger partial charge is 0.497 e. The van der Waals surface area contributed by atoms with Crippen LogP contribution in [0.1, 0.15) is 26.3 Å². The Morgan fingerprint density at radius 2 is 1.87 bits per heavy atom. The van der Waals surface area contributed by atoms with Gasteiger partial charge in [-0.25, -0.2) is 0 Å². The SMILES string of the molecule is COc1ccc(CO[C@@H]2COC(OC(=N)C(Cl)(Cl)Cl)[C@H](OC(C)=O)[C@H]2C(C)C)cc1. The van der Waals surface area contributed by atoms with Gasteiger partial charge in [0, 0.05) is 12.8 Å². The quantitative estimate of drug-likeness (QED) is 0.266. The first kappa shape index (κ1) is 25.0. The molecule has 1 aromatic carbocycles. The smallest absolute Gasteiger partial charge is 0.303 e. The molecule has 0 aliphatic carbocycles. The van der Waals surface area contributed by atoms with Gasteiger partial charge in [0.05, 0.1) is 26.4 Å². The zero-order chi connectivity index (χ0) is 22.5. The maximum absolute atomic E-state index is 11.7. The van der Waals surface area contributed by atoms with Crippen LogP contribution in [0.25, 0.3) is 0 Å². The van der Waals surface area contributed by atoms with Gasteiger partial charge in [0.25, 0.3) is 3.79 Å². The molecular weight excluding hydrogens is 457 g/mol. The van der Waals surface area contributed by atoms with Crippen LogP contribution in [0.2, 0.25) is 0 Å². The highest BCUT2D eigenvalue weighted by molar-refractivity contribution is 6.76. The third kappa shape index (κ3) is 6.89. The van der Waals surface area contributed by atoms with Crippen molar-refractivity contribution in [1.29, 1.82) is 5.41 Å². The Kier molecular flexibility index (Phi) is 9.06. The summed E-state index contributed by atoms with van der Waals surface area (Å²) in [4.78, 5) is 11.7. The van der Waals surface area contributed by atoms with Crippen molar-refractivity contribution in [2.75, 3.05) is 13.7 Å². The van der Waals surface area contributed by atoms with Gasteiger partial charge >= 0.3 is 5.97 Å². The molecule has 7 nitrogen and oxygen atoms in total. The van der Waals surface area contributed by atoms with E-state index in [0.29, 0.717) is 6.61 Å². The minimum Gasteiger partial charge on any atom is -0.497 e. The molecule has 4 atom stereocenters. The lowest BCUT2D eigenvalue weighted by molar-refractivity contribution is -0.255. The third-order valence-corrected chi connectivity index (χ3v) is 5.20. The van der Waals surface area contributed by atoms with E-state index >= 15 is 0 Å². The zero-order valence-electron chi connectivity index (χ0n) is 17.2. The number of carbonyl (C=O) groups excluding carboxylic acids is 1. The lowest BCUT2D eigenvalue weighted by Gasteiger charge is -2.43. The van der Waals surface area contributed by atoms with Gasteiger partial charge in [0.1, 0.15) is 5.75 Å². The molecule has 0 bridgehead atoms. The predicted octanol–water partition coefficient (Wildman–Crippen LogP) is 4.50. The fourth-order valence-electron chi connectivity index (χ4n) is 3.29. The highest BCUT2D eigenvalue weighted by atomic mass is 35.6. The molecule has 0 saturated carbocycles. The van der Waals surface area contributed by atoms with Crippen LogP contribution in [-0.2, 0) is 30.3 Å². The van der Waals surface area contributed by atoms with Gasteiger partial charge in [-0.1, -0.05) is 60.8 Å². The number of rotatable bonds is 7. The van der Waals surface area contributed by atoms with Crippen molar-refractivity contribution in [3.63, 3.8) is 0 Å². The minimum absolute atomic E-state index is 0.0483. The molecular formula is C20H26Cl3NO6. The Morgan fingerprint density at radius 1 is 1.23 bits per heavy atom. The number of halogens is 3. The van der Waals surface area contributed by atoms with Crippen molar-refractivity contribution in [3.05, 3.63) is 29.8 Å². The lowest BCUT2D eigenvalue weighted by atomic mass is 9.83. The van der Waals surface area contributed by atoms with Gasteiger partial charge in [-0.15, -0.1) is 0 Å². The van der Waals surface area contributed by atoms with Crippen molar-refractivity contribution >= 4 is 46.7 Å². The van der Waals surface area contributed by atoms with Crippen LogP contribution < -0.4 is 4.74 Å². The summed E-state index contributed by atoms with van der Waals surface area (Å²) in [6, 6.07) is 7.52. The highest BCUT2D eigenvalue weighted by Gasteiger charge is 2.47. The Balaban J connectivity index is 2.15. The molecule has 1 aromatic rings. The van der Waals surface area contributed by atoms with Gasteiger partial charge in [0.15, 0.2) is 6.10 Å². The van der Waals surface area contributed by atoms with E-state index in [1.165, 1.54) is 6.92 Å². The number of carbonyl (C=O) groups is 1. The van der Waals surface area contributed by atoms with E-state index in [9.17, 15) is 4.79 Å². The second-order valence-electron chi connectivity index (χ2n) is 7.24. The van der Waals surface area contributed by atoms with Crippen molar-refractivity contribution in [1.82, 2.24) is 0 Å². The average molecular weight is 483 g/mol. The second kappa shape index (κ2) is 10.9. The lowest BCUT2D eigenvalue weighted by Crippen LogP contribution is -2.55. The summed E-state index contributed by atoms with van der Waals surface area (Å²) in [5, 5.41) is 7.82. The van der Waals surface area contributed by atoms with Crippen molar-refractivity contribution < 1.29 is 28.5 Å². The highest BCUT2D eigenvalue weighted by Crippen LogP contribution is 2.35. The number of esters is 1. The van der Waals surface area contributed by atoms with E-state index in [1.807, 2.05) is 38.1 Å². The van der Waals surface area contributed by atoms with Crippen LogP contribution in [0.5, 0.6) is 5.75 Å². The summed E-state index contributed by atoms with van der Waals surface area (Å²) < 4.78 is 25.8. The standard InChI is InChI=1S/C20H26Cl3NO6/c1-11(2)16-15(27-9-13-5-7-14(26-4)8-6-13)10-28-18(17(16)29-12(3)25)30-19(24)20(21,22)23/h5-8,11,15-18,24H,9-10H2,1-4H3/t15-,16+,17-,18?/m1/s1. The summed E-state index contributed by atoms with van der Waals surface area (Å²) in [5.74, 6) is -0.596. The number of benzene rings is 1. The van der Waals surface area contributed by atoms with E-state index in [0.717, 1.165) is 11.3 Å². The molecule has 1 aliphatic heterocycles. The molecule has 0 aromatic heterocycles. The molecule has 1 fully saturated rings. The Morgan fingerprint density at radius 3 is 2.37 bits per heavy atom. The summed E-state index contributed by atoms with van der Waals surface area (Å²) >= 11 is 17.1. The molecule has 1 heterocycles. The summed E-state index contributed by atoms with van der Waals surface area (Å²) in [6.45, 7) is 5.75. The van der Waals surface area contributed by atoms with Crippen LogP contribution >= 0.6 is 34.8 Å². The fourth-order valence-corrected chi connectivity index (χ4v) is 3.42. The molecule has 1 N–H and O–H groups in total. The molecule has 168 valence electrons. The molecule has 0 radical (unpaired) electrons. The molecule has 0 amide bonds. The molecule has 30 heavy (non-hydrogen) atoms. The van der Waals surface area contributed by atoms with Crippen molar-refractivity contribution in [3.8, 4) is 5.75 Å².